The molecule has 0 bridgehead atoms. The lowest BCUT2D eigenvalue weighted by atomic mass is 10.1. The van der Waals surface area contributed by atoms with Crippen LogP contribution in [0, 0.1) is 0 Å². The van der Waals surface area contributed by atoms with Crippen LogP contribution in [0.1, 0.15) is 12.8 Å². The van der Waals surface area contributed by atoms with E-state index in [0.29, 0.717) is 0 Å². The van der Waals surface area contributed by atoms with Crippen LogP contribution in [-0.2, 0) is 0 Å². The molecule has 1 heterocycles. The molecule has 0 aromatic heterocycles. The van der Waals surface area contributed by atoms with E-state index in [9.17, 15) is 0 Å². The zero-order valence-electron chi connectivity index (χ0n) is 4.48. The van der Waals surface area contributed by atoms with E-state index in [1.807, 2.05) is 0 Å². The highest BCUT2D eigenvalue weighted by molar-refractivity contribution is 4.98. The van der Waals surface area contributed by atoms with Gasteiger partial charge in [-0.1, -0.05) is 12.2 Å². The van der Waals surface area contributed by atoms with Crippen LogP contribution in [0.5, 0.6) is 0 Å². The Hall–Kier alpha value is -0.300. The van der Waals surface area contributed by atoms with Crippen molar-refractivity contribution in [2.45, 2.75) is 12.8 Å². The fourth-order valence-electron chi connectivity index (χ4n) is 0.757. The van der Waals surface area contributed by atoms with Crippen molar-refractivity contribution < 1.29 is 0 Å². The topological polar surface area (TPSA) is 14.1 Å². The molecule has 1 aliphatic heterocycles. The van der Waals surface area contributed by atoms with Crippen LogP contribution in [-0.4, -0.2) is 13.1 Å². The van der Waals surface area contributed by atoms with Gasteiger partial charge in [-0.3, -0.25) is 0 Å². The quantitative estimate of drug-likeness (QED) is 0.398. The summed E-state index contributed by atoms with van der Waals surface area (Å²) in [6.45, 7) is 5.79. The minimum absolute atomic E-state index is 0.917. The van der Waals surface area contributed by atoms with Crippen LogP contribution < -0.4 is 5.32 Å². The molecule has 1 aliphatic rings. The van der Waals surface area contributed by atoms with Crippen molar-refractivity contribution >= 4 is 0 Å². The average molecular weight is 96.2 g/mol. The molecule has 0 spiro atoms. The molecule has 0 aliphatic carbocycles. The average Bonchev–Trinajstić information content (AvgIpc) is 1.69. The van der Waals surface area contributed by atoms with Crippen LogP contribution in [0.25, 0.3) is 0 Å². The zero-order valence-corrected chi connectivity index (χ0v) is 4.48. The van der Waals surface area contributed by atoms with Gasteiger partial charge < -0.3 is 0 Å². The maximum atomic E-state index is 4.16. The van der Waals surface area contributed by atoms with Gasteiger partial charge in [-0.2, -0.15) is 0 Å². The number of nitrogens with zero attached hydrogens (tertiary/aromatic N) is 1. The van der Waals surface area contributed by atoms with Gasteiger partial charge in [0, 0.05) is 13.1 Å². The van der Waals surface area contributed by atoms with Crippen molar-refractivity contribution in [3.8, 4) is 0 Å². The number of piperidine rings is 1. The van der Waals surface area contributed by atoms with Crippen LogP contribution in [0.3, 0.4) is 0 Å². The molecule has 39 valence electrons. The van der Waals surface area contributed by atoms with Crippen LogP contribution in [0.2, 0.25) is 0 Å². The molecular formula is C6H10N. The predicted molar refractivity (Wildman–Crippen MR) is 30.2 cm³/mol. The first-order valence-electron chi connectivity index (χ1n) is 2.69. The molecule has 0 unspecified atom stereocenters. The molecule has 1 heteroatoms. The Morgan fingerprint density at radius 2 is 2.43 bits per heavy atom. The molecule has 1 radical (unpaired) electrons. The van der Waals surface area contributed by atoms with Crippen molar-refractivity contribution in [3.63, 3.8) is 0 Å². The summed E-state index contributed by atoms with van der Waals surface area (Å²) in [5, 5.41) is 4.16. The fraction of sp³-hybridized carbons (Fsp3) is 0.667. The van der Waals surface area contributed by atoms with Gasteiger partial charge >= 0.3 is 0 Å². The Kier molecular flexibility index (Phi) is 1.47. The van der Waals surface area contributed by atoms with Crippen molar-refractivity contribution in [1.29, 1.82) is 0 Å². The second-order valence-corrected chi connectivity index (χ2v) is 1.96. The largest absolute Gasteiger partial charge is 0.237 e. The number of hydrogen-bond acceptors (Lipinski definition) is 0. The molecule has 0 atom stereocenters. The first kappa shape index (κ1) is 4.85. The maximum Gasteiger partial charge on any atom is 0.0341 e. The van der Waals surface area contributed by atoms with Gasteiger partial charge in [0.15, 0.2) is 0 Å². The monoisotopic (exact) mass is 96.1 g/mol. The zero-order chi connectivity index (χ0) is 5.11. The Morgan fingerprint density at radius 1 is 1.57 bits per heavy atom. The molecule has 0 N–H and O–H groups in total. The van der Waals surface area contributed by atoms with Crippen molar-refractivity contribution in [3.05, 3.63) is 12.2 Å². The van der Waals surface area contributed by atoms with Crippen LogP contribution >= 0.6 is 0 Å². The Labute approximate surface area is 44.4 Å². The lowest BCUT2D eigenvalue weighted by Crippen LogP contribution is -2.15. The van der Waals surface area contributed by atoms with E-state index >= 15 is 0 Å². The van der Waals surface area contributed by atoms with Gasteiger partial charge in [-0.05, 0) is 12.8 Å². The Morgan fingerprint density at radius 3 is 2.71 bits per heavy atom. The Balaban J connectivity index is 2.25. The summed E-state index contributed by atoms with van der Waals surface area (Å²) < 4.78 is 0. The highest BCUT2D eigenvalue weighted by Gasteiger charge is 2.00. The van der Waals surface area contributed by atoms with Gasteiger partial charge in [0.25, 0.3) is 0 Å². The molecule has 7 heavy (non-hydrogen) atoms. The normalized spacial score (nSPS) is 22.6. The Bertz CT molecular complexity index is 68.2. The lowest BCUT2D eigenvalue weighted by molar-refractivity contribution is 0.601. The second-order valence-electron chi connectivity index (χ2n) is 1.96. The van der Waals surface area contributed by atoms with E-state index in [0.717, 1.165) is 13.1 Å². The smallest absolute Gasteiger partial charge is 0.0341 e. The van der Waals surface area contributed by atoms with Gasteiger partial charge in [-0.15, -0.1) is 0 Å². The molecule has 1 saturated heterocycles. The molecule has 0 amide bonds. The van der Waals surface area contributed by atoms with Gasteiger partial charge in [0.05, 0.1) is 0 Å². The minimum atomic E-state index is 0.917. The van der Waals surface area contributed by atoms with E-state index in [1.165, 1.54) is 18.4 Å². The number of hydrogen-bond donors (Lipinski definition) is 0. The first-order chi connectivity index (χ1) is 3.39. The molecule has 1 fully saturated rings. The summed E-state index contributed by atoms with van der Waals surface area (Å²) in [6.07, 6.45) is 2.42. The van der Waals surface area contributed by atoms with Gasteiger partial charge in [0.1, 0.15) is 0 Å². The fourth-order valence-corrected chi connectivity index (χ4v) is 0.757. The molecular weight excluding hydrogens is 86.1 g/mol. The SMILES string of the molecule is C=C1CCC[N]C1. The third-order valence-corrected chi connectivity index (χ3v) is 1.18. The van der Waals surface area contributed by atoms with E-state index in [4.69, 9.17) is 0 Å². The third kappa shape index (κ3) is 1.32. The van der Waals surface area contributed by atoms with Gasteiger partial charge in [-0.25, -0.2) is 5.32 Å². The summed E-state index contributed by atoms with van der Waals surface area (Å²) in [5.74, 6) is 0. The predicted octanol–water partition coefficient (Wildman–Crippen LogP) is 0.941. The van der Waals surface area contributed by atoms with E-state index < -0.39 is 0 Å². The summed E-state index contributed by atoms with van der Waals surface area (Å²) >= 11 is 0. The van der Waals surface area contributed by atoms with Gasteiger partial charge in [0.2, 0.25) is 0 Å². The van der Waals surface area contributed by atoms with Crippen LogP contribution in [0.15, 0.2) is 12.2 Å². The third-order valence-electron chi connectivity index (χ3n) is 1.18. The summed E-state index contributed by atoms with van der Waals surface area (Å²) in [5.41, 5.74) is 1.30. The maximum absolute atomic E-state index is 4.16. The lowest BCUT2D eigenvalue weighted by Gasteiger charge is -2.10. The highest BCUT2D eigenvalue weighted by atomic mass is 14.9. The summed E-state index contributed by atoms with van der Waals surface area (Å²) in [7, 11) is 0. The van der Waals surface area contributed by atoms with E-state index in [2.05, 4.69) is 11.9 Å². The standard InChI is InChI=1S/C6H10N/c1-6-3-2-4-7-5-6/h1-5H2. The van der Waals surface area contributed by atoms with Crippen molar-refractivity contribution in [2.75, 3.05) is 13.1 Å². The molecule has 0 aromatic carbocycles. The van der Waals surface area contributed by atoms with Crippen molar-refractivity contribution in [1.82, 2.24) is 5.32 Å². The molecule has 0 saturated carbocycles. The summed E-state index contributed by atoms with van der Waals surface area (Å²) in [6, 6.07) is 0. The van der Waals surface area contributed by atoms with Crippen molar-refractivity contribution in [2.24, 2.45) is 0 Å². The molecule has 1 rings (SSSR count). The summed E-state index contributed by atoms with van der Waals surface area (Å²) in [4.78, 5) is 0. The second kappa shape index (κ2) is 2.12. The van der Waals surface area contributed by atoms with Crippen LogP contribution in [0.4, 0.5) is 0 Å². The van der Waals surface area contributed by atoms with E-state index in [-0.39, 0.29) is 0 Å². The first-order valence-corrected chi connectivity index (χ1v) is 2.69. The highest BCUT2D eigenvalue weighted by Crippen LogP contribution is 2.04. The molecule has 0 aromatic rings. The minimum Gasteiger partial charge on any atom is -0.237 e. The van der Waals surface area contributed by atoms with E-state index in [1.54, 1.807) is 0 Å². The number of rotatable bonds is 0. The molecule has 1 nitrogen and oxygen atoms in total.